The number of aliphatic hydroxyl groups is 2. The normalized spacial score (nSPS) is 17.8. The lowest BCUT2D eigenvalue weighted by Gasteiger charge is -2.18. The lowest BCUT2D eigenvalue weighted by Crippen LogP contribution is -2.18. The Bertz CT molecular complexity index is 2470. The van der Waals surface area contributed by atoms with Crippen LogP contribution in [0.25, 0.3) is 11.1 Å². The predicted molar refractivity (Wildman–Crippen MR) is 247 cm³/mol. The van der Waals surface area contributed by atoms with Crippen LogP contribution in [0.3, 0.4) is 0 Å². The molecular formula is C48H56Br2N8O4. The molecule has 0 saturated heterocycles. The smallest absolute Gasteiger partial charge is 0.231 e. The Balaban J connectivity index is 0.000000172. The van der Waals surface area contributed by atoms with Gasteiger partial charge in [0, 0.05) is 75.6 Å². The summed E-state index contributed by atoms with van der Waals surface area (Å²) in [6.45, 7) is 19.8. The van der Waals surface area contributed by atoms with Gasteiger partial charge in [-0.05, 0) is 155 Å². The average molecular weight is 969 g/mol. The van der Waals surface area contributed by atoms with Gasteiger partial charge < -0.3 is 19.7 Å². The van der Waals surface area contributed by atoms with Gasteiger partial charge >= 0.3 is 0 Å². The average Bonchev–Trinajstić information content (AvgIpc) is 4.16. The van der Waals surface area contributed by atoms with Gasteiger partial charge in [-0.15, -0.1) is 0 Å². The zero-order valence-corrected chi connectivity index (χ0v) is 40.3. The molecule has 62 heavy (non-hydrogen) atoms. The van der Waals surface area contributed by atoms with E-state index in [9.17, 15) is 10.2 Å². The molecule has 4 atom stereocenters. The minimum absolute atomic E-state index is 0.445. The fourth-order valence-electron chi connectivity index (χ4n) is 6.71. The number of ether oxygens (including phenoxy) is 2. The van der Waals surface area contributed by atoms with Crippen LogP contribution in [0.5, 0.6) is 11.8 Å². The van der Waals surface area contributed by atoms with Crippen molar-refractivity contribution in [3.05, 3.63) is 139 Å². The zero-order valence-electron chi connectivity index (χ0n) is 37.1. The Morgan fingerprint density at radius 2 is 1.02 bits per heavy atom. The number of hydrogen-bond donors (Lipinski definition) is 2. The fraction of sp³-hybridized carbons (Fsp3) is 0.417. The van der Waals surface area contributed by atoms with Crippen LogP contribution in [0, 0.1) is 53.4 Å². The first kappa shape index (κ1) is 46.7. The third kappa shape index (κ3) is 12.7. The van der Waals surface area contributed by atoms with Crippen molar-refractivity contribution >= 4 is 31.9 Å². The summed E-state index contributed by atoms with van der Waals surface area (Å²) in [4.78, 5) is 35.2. The van der Waals surface area contributed by atoms with E-state index in [2.05, 4.69) is 103 Å². The maximum atomic E-state index is 10.2. The molecule has 8 rings (SSSR count). The molecule has 0 bridgehead atoms. The van der Waals surface area contributed by atoms with Crippen LogP contribution in [0.1, 0.15) is 109 Å². The Hall–Kier alpha value is -4.76. The summed E-state index contributed by atoms with van der Waals surface area (Å²) >= 11 is 6.76. The van der Waals surface area contributed by atoms with Gasteiger partial charge in [-0.3, -0.25) is 19.9 Å². The van der Waals surface area contributed by atoms with Crippen LogP contribution >= 0.6 is 31.9 Å². The van der Waals surface area contributed by atoms with Crippen LogP contribution in [0.2, 0.25) is 0 Å². The maximum absolute atomic E-state index is 10.2. The predicted octanol–water partition coefficient (Wildman–Crippen LogP) is 10.1. The van der Waals surface area contributed by atoms with E-state index in [1.807, 2.05) is 71.3 Å². The lowest BCUT2D eigenvalue weighted by atomic mass is 10.0. The van der Waals surface area contributed by atoms with Crippen LogP contribution < -0.4 is 9.47 Å². The van der Waals surface area contributed by atoms with E-state index in [-0.39, 0.29) is 0 Å². The molecule has 2 saturated carbocycles. The summed E-state index contributed by atoms with van der Waals surface area (Å²) in [7, 11) is 0. The van der Waals surface area contributed by atoms with Crippen molar-refractivity contribution in [2.45, 2.75) is 105 Å². The van der Waals surface area contributed by atoms with E-state index in [0.717, 1.165) is 55.8 Å². The van der Waals surface area contributed by atoms with Gasteiger partial charge in [-0.1, -0.05) is 18.2 Å². The fourth-order valence-corrected chi connectivity index (χ4v) is 7.23. The molecule has 2 aliphatic rings. The van der Waals surface area contributed by atoms with Crippen LogP contribution in [-0.4, -0.2) is 63.3 Å². The van der Waals surface area contributed by atoms with Gasteiger partial charge in [0.2, 0.25) is 11.8 Å². The Morgan fingerprint density at radius 1 is 0.532 bits per heavy atom. The van der Waals surface area contributed by atoms with Gasteiger partial charge in [0.1, 0.15) is 22.9 Å². The molecule has 2 N–H and O–H groups in total. The van der Waals surface area contributed by atoms with E-state index in [1.165, 1.54) is 16.8 Å². The third-order valence-electron chi connectivity index (χ3n) is 10.7. The third-order valence-corrected chi connectivity index (χ3v) is 12.1. The summed E-state index contributed by atoms with van der Waals surface area (Å²) in [6.07, 6.45) is 9.58. The van der Waals surface area contributed by atoms with Crippen LogP contribution in [-0.2, 0) is 11.2 Å². The van der Waals surface area contributed by atoms with E-state index >= 15 is 0 Å². The molecule has 14 heteroatoms. The highest BCUT2D eigenvalue weighted by Gasteiger charge is 2.41. The molecule has 0 spiro atoms. The van der Waals surface area contributed by atoms with Crippen molar-refractivity contribution in [2.75, 3.05) is 13.2 Å². The summed E-state index contributed by atoms with van der Waals surface area (Å²) in [5, 5.41) is 19.9. The van der Waals surface area contributed by atoms with Crippen LogP contribution in [0.15, 0.2) is 82.3 Å². The lowest BCUT2D eigenvalue weighted by molar-refractivity contribution is 0.0732. The van der Waals surface area contributed by atoms with Gasteiger partial charge in [-0.2, -0.15) is 9.97 Å². The van der Waals surface area contributed by atoms with E-state index in [0.29, 0.717) is 65.9 Å². The van der Waals surface area contributed by atoms with Gasteiger partial charge in [0.05, 0.1) is 40.3 Å². The second-order valence-electron chi connectivity index (χ2n) is 17.3. The van der Waals surface area contributed by atoms with E-state index < -0.39 is 11.2 Å². The molecule has 326 valence electrons. The molecule has 0 radical (unpaired) electrons. The molecule has 0 aromatic carbocycles. The minimum atomic E-state index is -0.989. The molecule has 12 nitrogen and oxygen atoms in total. The number of pyridine rings is 4. The number of aromatic nitrogens is 8. The summed E-state index contributed by atoms with van der Waals surface area (Å²) in [6, 6.07) is 16.0. The highest BCUT2D eigenvalue weighted by molar-refractivity contribution is 9.10. The molecule has 6 aromatic rings. The summed E-state index contributed by atoms with van der Waals surface area (Å²) in [5.41, 5.74) is 7.59. The summed E-state index contributed by atoms with van der Waals surface area (Å²) in [5.74, 6) is 4.54. The highest BCUT2D eigenvalue weighted by Crippen LogP contribution is 2.48. The first-order chi connectivity index (χ1) is 29.3. The van der Waals surface area contributed by atoms with E-state index in [4.69, 9.17) is 9.47 Å². The van der Waals surface area contributed by atoms with Crippen molar-refractivity contribution in [1.82, 2.24) is 39.9 Å². The van der Waals surface area contributed by atoms with Gasteiger partial charge in [0.15, 0.2) is 0 Å². The molecule has 0 unspecified atom stereocenters. The van der Waals surface area contributed by atoms with Crippen molar-refractivity contribution in [1.29, 1.82) is 0 Å². The quantitative estimate of drug-likeness (QED) is 0.127. The number of halogens is 2. The minimum Gasteiger partial charge on any atom is -0.477 e. The van der Waals surface area contributed by atoms with Crippen LogP contribution in [0.4, 0.5) is 0 Å². The standard InChI is InChI=1S/C24H28N4O2.C15H16BrN3O.C9H12BrNO/c1-14-6-8-21(26-11-14)19-10-17(19)13-30-23-20(12-25-16(3)28-23)18-7-9-22(24(4,5)29)27-15(18)2;1-9-3-4-14(18-6-9)12-5-11(12)8-20-15-13(16)7-17-10(2)19-15;1-6-7(10)4-5-8(11-6)9(2,3)12/h6-9,11-12,17,19,29H,10,13H2,1-5H3;3-4,6-7,11-12H,5,8H2,1-2H3;4-5,12H,1-3H3/t17-,19+;11-,12+;/m11./s1. The topological polar surface area (TPSA) is 162 Å². The molecule has 2 aliphatic carbocycles. The molecule has 6 aromatic heterocycles. The van der Waals surface area contributed by atoms with Gasteiger partial charge in [-0.25, -0.2) is 9.97 Å². The second kappa shape index (κ2) is 19.7. The largest absolute Gasteiger partial charge is 0.477 e. The Morgan fingerprint density at radius 3 is 1.50 bits per heavy atom. The molecule has 0 amide bonds. The number of nitrogens with zero attached hydrogens (tertiary/aromatic N) is 8. The number of aryl methyl sites for hydroxylation is 6. The molecular weight excluding hydrogens is 912 g/mol. The van der Waals surface area contributed by atoms with Crippen molar-refractivity contribution in [2.24, 2.45) is 11.8 Å². The maximum Gasteiger partial charge on any atom is 0.231 e. The molecule has 6 heterocycles. The monoisotopic (exact) mass is 966 g/mol. The van der Waals surface area contributed by atoms with Crippen molar-refractivity contribution in [3.63, 3.8) is 0 Å². The molecule has 2 fully saturated rings. The van der Waals surface area contributed by atoms with Crippen molar-refractivity contribution < 1.29 is 19.7 Å². The SMILES string of the molecule is Cc1ccc([C@H]2C[C@@H]2COc2nc(C)ncc2-c2ccc(C(C)(C)O)nc2C)nc1.Cc1ccc([C@H]2C[C@@H]2COc2nc(C)ncc2Br)nc1.Cc1nc(C(C)(C)O)ccc1Br. The second-order valence-corrected chi connectivity index (χ2v) is 19.0. The van der Waals surface area contributed by atoms with E-state index in [1.54, 1.807) is 40.1 Å². The first-order valence-electron chi connectivity index (χ1n) is 20.8. The van der Waals surface area contributed by atoms with Crippen molar-refractivity contribution in [3.8, 4) is 22.9 Å². The summed E-state index contributed by atoms with van der Waals surface area (Å²) < 4.78 is 13.7. The molecule has 0 aliphatic heterocycles. The number of rotatable bonds is 11. The Labute approximate surface area is 381 Å². The number of hydrogen-bond acceptors (Lipinski definition) is 12. The zero-order chi connectivity index (χ0) is 44.9. The first-order valence-corrected chi connectivity index (χ1v) is 22.4. The highest BCUT2D eigenvalue weighted by atomic mass is 79.9. The Kier molecular flexibility index (Phi) is 14.9. The van der Waals surface area contributed by atoms with Gasteiger partial charge in [0.25, 0.3) is 0 Å².